The van der Waals surface area contributed by atoms with Gasteiger partial charge in [-0.25, -0.2) is 0 Å². The van der Waals surface area contributed by atoms with Crippen LogP contribution in [-0.4, -0.2) is 23.0 Å². The molecule has 0 aromatic carbocycles. The van der Waals surface area contributed by atoms with Gasteiger partial charge >= 0.3 is 12.1 Å². The van der Waals surface area contributed by atoms with Gasteiger partial charge in [0.2, 0.25) is 0 Å². The monoisotopic (exact) mass is 182 g/mol. The van der Waals surface area contributed by atoms with Crippen LogP contribution in [0.5, 0.6) is 0 Å². The Morgan fingerprint density at radius 2 is 2.00 bits per heavy atom. The molecule has 2 atom stereocenters. The lowest BCUT2D eigenvalue weighted by Crippen LogP contribution is -2.50. The summed E-state index contributed by atoms with van der Waals surface area (Å²) >= 11 is 0. The molecule has 0 aromatic rings. The fraction of sp³-hybridized carbons (Fsp3) is 0.667. The molecule has 1 saturated carbocycles. The van der Waals surface area contributed by atoms with Gasteiger partial charge in [-0.1, -0.05) is 0 Å². The van der Waals surface area contributed by atoms with Gasteiger partial charge in [0.15, 0.2) is 0 Å². The summed E-state index contributed by atoms with van der Waals surface area (Å²) < 4.78 is 35.6. The fourth-order valence-electron chi connectivity index (χ4n) is 1.17. The van der Waals surface area contributed by atoms with Gasteiger partial charge < -0.3 is 5.11 Å². The second kappa shape index (κ2) is 2.46. The summed E-state index contributed by atoms with van der Waals surface area (Å²) in [6, 6.07) is 0. The highest BCUT2D eigenvalue weighted by Gasteiger charge is 2.59. The van der Waals surface area contributed by atoms with E-state index in [-0.39, 0.29) is 0 Å². The van der Waals surface area contributed by atoms with Crippen molar-refractivity contribution in [2.24, 2.45) is 11.8 Å². The highest BCUT2D eigenvalue weighted by atomic mass is 19.4. The van der Waals surface area contributed by atoms with E-state index in [1.807, 2.05) is 0 Å². The van der Waals surface area contributed by atoms with Crippen molar-refractivity contribution in [1.82, 2.24) is 0 Å². The van der Waals surface area contributed by atoms with E-state index in [9.17, 15) is 22.8 Å². The standard InChI is InChI=1S/C6H5F3O3/c7-6(8,9)4-2(5(11)12)1-3(4)10/h2,4H,1H2,(H,11,12). The minimum Gasteiger partial charge on any atom is -0.481 e. The Morgan fingerprint density at radius 3 is 2.17 bits per heavy atom. The zero-order valence-corrected chi connectivity index (χ0v) is 5.76. The third-order valence-electron chi connectivity index (χ3n) is 1.84. The van der Waals surface area contributed by atoms with Crippen LogP contribution in [0.25, 0.3) is 0 Å². The van der Waals surface area contributed by atoms with E-state index in [0.29, 0.717) is 0 Å². The van der Waals surface area contributed by atoms with Crippen molar-refractivity contribution in [3.8, 4) is 0 Å². The average molecular weight is 182 g/mol. The summed E-state index contributed by atoms with van der Waals surface area (Å²) in [5.41, 5.74) is 0. The molecule has 0 bridgehead atoms. The first-order valence-electron chi connectivity index (χ1n) is 3.16. The average Bonchev–Trinajstić information content (AvgIpc) is 1.77. The number of rotatable bonds is 1. The maximum absolute atomic E-state index is 11.9. The Bertz CT molecular complexity index is 233. The second-order valence-electron chi connectivity index (χ2n) is 2.63. The lowest BCUT2D eigenvalue weighted by atomic mass is 9.72. The number of hydrogen-bond donors (Lipinski definition) is 1. The van der Waals surface area contributed by atoms with Gasteiger partial charge in [-0.15, -0.1) is 0 Å². The molecular formula is C6H5F3O3. The van der Waals surface area contributed by atoms with Crippen LogP contribution in [0.2, 0.25) is 0 Å². The first-order valence-corrected chi connectivity index (χ1v) is 3.16. The SMILES string of the molecule is O=C(O)C1CC(=O)C1C(F)(F)F. The molecule has 0 heterocycles. The Hall–Kier alpha value is -1.07. The quantitative estimate of drug-likeness (QED) is 0.653. The molecule has 1 aliphatic rings. The van der Waals surface area contributed by atoms with Crippen LogP contribution in [0.1, 0.15) is 6.42 Å². The van der Waals surface area contributed by atoms with Crippen molar-refractivity contribution in [2.45, 2.75) is 12.6 Å². The normalized spacial score (nSPS) is 29.8. The number of hydrogen-bond acceptors (Lipinski definition) is 2. The van der Waals surface area contributed by atoms with Crippen LogP contribution >= 0.6 is 0 Å². The number of alkyl halides is 3. The number of carboxylic acids is 1. The molecule has 0 amide bonds. The maximum atomic E-state index is 11.9. The van der Waals surface area contributed by atoms with Gasteiger partial charge in [-0.3, -0.25) is 9.59 Å². The number of carbonyl (C=O) groups is 2. The van der Waals surface area contributed by atoms with Gasteiger partial charge in [0, 0.05) is 6.42 Å². The third-order valence-corrected chi connectivity index (χ3v) is 1.84. The lowest BCUT2D eigenvalue weighted by Gasteiger charge is -2.32. The van der Waals surface area contributed by atoms with Crippen LogP contribution in [-0.2, 0) is 9.59 Å². The van der Waals surface area contributed by atoms with Gasteiger partial charge in [0.05, 0.1) is 5.92 Å². The molecule has 1 fully saturated rings. The topological polar surface area (TPSA) is 54.4 Å². The first kappa shape index (κ1) is 9.02. The summed E-state index contributed by atoms with van der Waals surface area (Å²) in [4.78, 5) is 20.5. The Balaban J connectivity index is 2.75. The highest BCUT2D eigenvalue weighted by Crippen LogP contribution is 2.42. The highest BCUT2D eigenvalue weighted by molar-refractivity contribution is 5.96. The van der Waals surface area contributed by atoms with Crippen molar-refractivity contribution < 1.29 is 27.9 Å². The van der Waals surface area contributed by atoms with Gasteiger partial charge in [0.1, 0.15) is 11.7 Å². The van der Waals surface area contributed by atoms with E-state index in [4.69, 9.17) is 5.11 Å². The number of halogens is 3. The Labute approximate surface area is 65.2 Å². The molecule has 6 heteroatoms. The predicted octanol–water partition coefficient (Wildman–Crippen LogP) is 0.839. The van der Waals surface area contributed by atoms with Crippen molar-refractivity contribution in [1.29, 1.82) is 0 Å². The van der Waals surface area contributed by atoms with Crippen molar-refractivity contribution in [3.05, 3.63) is 0 Å². The van der Waals surface area contributed by atoms with Crippen LogP contribution in [0.3, 0.4) is 0 Å². The zero-order valence-electron chi connectivity index (χ0n) is 5.76. The van der Waals surface area contributed by atoms with Crippen molar-refractivity contribution in [2.75, 3.05) is 0 Å². The summed E-state index contributed by atoms with van der Waals surface area (Å²) in [5.74, 6) is -6.45. The number of carbonyl (C=O) groups excluding carboxylic acids is 1. The number of aliphatic carboxylic acids is 1. The molecule has 0 saturated heterocycles. The predicted molar refractivity (Wildman–Crippen MR) is 30.3 cm³/mol. The summed E-state index contributed by atoms with van der Waals surface area (Å²) in [6.45, 7) is 0. The van der Waals surface area contributed by atoms with E-state index >= 15 is 0 Å². The van der Waals surface area contributed by atoms with E-state index in [0.717, 1.165) is 0 Å². The minimum absolute atomic E-state index is 0.500. The molecule has 68 valence electrons. The lowest BCUT2D eigenvalue weighted by molar-refractivity contribution is -0.213. The van der Waals surface area contributed by atoms with Crippen LogP contribution in [0, 0.1) is 11.8 Å². The summed E-state index contributed by atoms with van der Waals surface area (Å²) in [5, 5.41) is 8.23. The second-order valence-corrected chi connectivity index (χ2v) is 2.63. The van der Waals surface area contributed by atoms with Crippen LogP contribution in [0.15, 0.2) is 0 Å². The Kier molecular flexibility index (Phi) is 1.85. The number of Topliss-reactive ketones (excluding diaryl/α,β-unsaturated/α-hetero) is 1. The third kappa shape index (κ3) is 1.28. The molecule has 12 heavy (non-hydrogen) atoms. The van der Waals surface area contributed by atoms with E-state index in [2.05, 4.69) is 0 Å². The molecule has 0 aliphatic heterocycles. The fourth-order valence-corrected chi connectivity index (χ4v) is 1.17. The van der Waals surface area contributed by atoms with Crippen LogP contribution in [0.4, 0.5) is 13.2 Å². The molecule has 1 N–H and O–H groups in total. The van der Waals surface area contributed by atoms with Gasteiger partial charge in [0.25, 0.3) is 0 Å². The molecule has 1 aliphatic carbocycles. The molecule has 1 rings (SSSR count). The molecule has 2 unspecified atom stereocenters. The summed E-state index contributed by atoms with van der Waals surface area (Å²) in [7, 11) is 0. The van der Waals surface area contributed by atoms with Gasteiger partial charge in [-0.05, 0) is 0 Å². The van der Waals surface area contributed by atoms with Crippen LogP contribution < -0.4 is 0 Å². The van der Waals surface area contributed by atoms with Gasteiger partial charge in [-0.2, -0.15) is 13.2 Å². The Morgan fingerprint density at radius 1 is 1.50 bits per heavy atom. The molecular weight excluding hydrogens is 177 g/mol. The smallest absolute Gasteiger partial charge is 0.399 e. The molecule has 0 radical (unpaired) electrons. The van der Waals surface area contributed by atoms with Crippen molar-refractivity contribution in [3.63, 3.8) is 0 Å². The van der Waals surface area contributed by atoms with E-state index in [1.165, 1.54) is 0 Å². The summed E-state index contributed by atoms with van der Waals surface area (Å²) in [6.07, 6.45) is -5.21. The first-order chi connectivity index (χ1) is 5.34. The minimum atomic E-state index is -4.71. The zero-order chi connectivity index (χ0) is 9.52. The van der Waals surface area contributed by atoms with E-state index < -0.39 is 36.2 Å². The number of ketones is 1. The maximum Gasteiger partial charge on any atom is 0.399 e. The largest absolute Gasteiger partial charge is 0.481 e. The molecule has 3 nitrogen and oxygen atoms in total. The van der Waals surface area contributed by atoms with Crippen molar-refractivity contribution >= 4 is 11.8 Å². The molecule has 0 aromatic heterocycles. The van der Waals surface area contributed by atoms with E-state index in [1.54, 1.807) is 0 Å². The molecule has 0 spiro atoms. The number of carboxylic acid groups (broad SMARTS) is 1.